The summed E-state index contributed by atoms with van der Waals surface area (Å²) in [5.74, 6) is 0. The quantitative estimate of drug-likeness (QED) is 0.822. The van der Waals surface area contributed by atoms with E-state index < -0.39 is 0 Å². The third-order valence-corrected chi connectivity index (χ3v) is 5.09. The summed E-state index contributed by atoms with van der Waals surface area (Å²) in [6.07, 6.45) is 4.52. The topological polar surface area (TPSA) is 15.3 Å². The summed E-state index contributed by atoms with van der Waals surface area (Å²) in [5, 5.41) is 5.83. The highest BCUT2D eigenvalue weighted by atomic mass is 32.1. The Morgan fingerprint density at radius 1 is 1.29 bits per heavy atom. The van der Waals surface area contributed by atoms with Crippen LogP contribution in [0.2, 0.25) is 0 Å². The molecule has 0 fully saturated rings. The lowest BCUT2D eigenvalue weighted by Crippen LogP contribution is -2.46. The highest BCUT2D eigenvalue weighted by Crippen LogP contribution is 2.24. The first-order valence-corrected chi connectivity index (χ1v) is 8.44. The van der Waals surface area contributed by atoms with E-state index in [1.807, 2.05) is 17.4 Å². The highest BCUT2D eigenvalue weighted by Gasteiger charge is 2.21. The Morgan fingerprint density at radius 3 is 2.95 bits per heavy atom. The Balaban J connectivity index is 1.53. The number of benzene rings is 1. The lowest BCUT2D eigenvalue weighted by Gasteiger charge is -2.33. The zero-order valence-electron chi connectivity index (χ0n) is 12.3. The zero-order chi connectivity index (χ0) is 14.5. The molecule has 2 heterocycles. The van der Waals surface area contributed by atoms with Gasteiger partial charge >= 0.3 is 0 Å². The number of thiophene rings is 1. The molecule has 1 unspecified atom stereocenters. The van der Waals surface area contributed by atoms with Gasteiger partial charge in [0.2, 0.25) is 0 Å². The standard InChI is InChI=1S/C18H22N2S/c1-2-18(19-11-8-15-6-4-3-5-7-15)20-12-9-17-16(14-20)10-13-21-17/h2-7,10,13,18-19H,1,8-9,11-12,14H2. The van der Waals surface area contributed by atoms with Crippen LogP contribution in [-0.4, -0.2) is 24.2 Å². The van der Waals surface area contributed by atoms with Crippen molar-refractivity contribution >= 4 is 11.3 Å². The Hall–Kier alpha value is -1.42. The van der Waals surface area contributed by atoms with Crippen molar-refractivity contribution < 1.29 is 0 Å². The summed E-state index contributed by atoms with van der Waals surface area (Å²) < 4.78 is 0. The third kappa shape index (κ3) is 3.62. The van der Waals surface area contributed by atoms with Crippen molar-refractivity contribution in [1.29, 1.82) is 0 Å². The van der Waals surface area contributed by atoms with Crippen LogP contribution in [0.25, 0.3) is 0 Å². The van der Waals surface area contributed by atoms with Crippen LogP contribution >= 0.6 is 11.3 Å². The summed E-state index contributed by atoms with van der Waals surface area (Å²) in [6, 6.07) is 12.9. The van der Waals surface area contributed by atoms with Gasteiger partial charge in [0.15, 0.2) is 0 Å². The molecule has 0 amide bonds. The number of nitrogens with one attached hydrogen (secondary N) is 1. The molecule has 1 aromatic carbocycles. The zero-order valence-corrected chi connectivity index (χ0v) is 13.1. The normalized spacial score (nSPS) is 16.4. The maximum Gasteiger partial charge on any atom is 0.0790 e. The average molecular weight is 298 g/mol. The molecule has 0 radical (unpaired) electrons. The fraction of sp³-hybridized carbons (Fsp3) is 0.333. The van der Waals surface area contributed by atoms with Gasteiger partial charge in [0.25, 0.3) is 0 Å². The van der Waals surface area contributed by atoms with E-state index >= 15 is 0 Å². The second-order valence-electron chi connectivity index (χ2n) is 5.46. The maximum absolute atomic E-state index is 4.00. The summed E-state index contributed by atoms with van der Waals surface area (Å²) >= 11 is 1.89. The van der Waals surface area contributed by atoms with E-state index in [2.05, 4.69) is 58.6 Å². The van der Waals surface area contributed by atoms with E-state index in [1.54, 1.807) is 4.88 Å². The molecule has 0 bridgehead atoms. The Labute approximate surface area is 131 Å². The fourth-order valence-electron chi connectivity index (χ4n) is 2.88. The van der Waals surface area contributed by atoms with Gasteiger partial charge in [0.1, 0.15) is 0 Å². The molecule has 0 spiro atoms. The van der Waals surface area contributed by atoms with Crippen molar-refractivity contribution in [2.24, 2.45) is 0 Å². The summed E-state index contributed by atoms with van der Waals surface area (Å²) in [5.41, 5.74) is 2.87. The van der Waals surface area contributed by atoms with E-state index in [0.717, 1.165) is 32.5 Å². The maximum atomic E-state index is 4.00. The molecule has 0 saturated heterocycles. The van der Waals surface area contributed by atoms with Gasteiger partial charge in [-0.3, -0.25) is 10.2 Å². The molecule has 1 N–H and O–H groups in total. The molecule has 21 heavy (non-hydrogen) atoms. The van der Waals surface area contributed by atoms with Gasteiger partial charge in [-0.15, -0.1) is 17.9 Å². The first kappa shape index (κ1) is 14.5. The molecule has 3 heteroatoms. The van der Waals surface area contributed by atoms with Crippen LogP contribution in [0.1, 0.15) is 16.0 Å². The first-order valence-electron chi connectivity index (χ1n) is 7.56. The third-order valence-electron chi connectivity index (χ3n) is 4.06. The van der Waals surface area contributed by atoms with E-state index in [-0.39, 0.29) is 6.17 Å². The van der Waals surface area contributed by atoms with Crippen molar-refractivity contribution in [2.45, 2.75) is 25.6 Å². The van der Waals surface area contributed by atoms with Crippen LogP contribution in [0, 0.1) is 0 Å². The number of fused-ring (bicyclic) bond motifs is 1. The van der Waals surface area contributed by atoms with Crippen LogP contribution < -0.4 is 5.32 Å². The SMILES string of the molecule is C=CC(NCCc1ccccc1)N1CCc2sccc2C1. The molecule has 1 atom stereocenters. The lowest BCUT2D eigenvalue weighted by molar-refractivity contribution is 0.184. The summed E-state index contributed by atoms with van der Waals surface area (Å²) in [7, 11) is 0. The van der Waals surface area contributed by atoms with Crippen molar-refractivity contribution in [3.8, 4) is 0 Å². The van der Waals surface area contributed by atoms with Gasteiger partial charge < -0.3 is 0 Å². The minimum atomic E-state index is 0.266. The monoisotopic (exact) mass is 298 g/mol. The summed E-state index contributed by atoms with van der Waals surface area (Å²) in [4.78, 5) is 4.03. The molecule has 1 aliphatic rings. The van der Waals surface area contributed by atoms with Crippen molar-refractivity contribution in [2.75, 3.05) is 13.1 Å². The first-order chi connectivity index (χ1) is 10.4. The van der Waals surface area contributed by atoms with Crippen LogP contribution in [0.5, 0.6) is 0 Å². The Kier molecular flexibility index (Phi) is 4.86. The smallest absolute Gasteiger partial charge is 0.0790 e. The summed E-state index contributed by atoms with van der Waals surface area (Å²) in [6.45, 7) is 7.13. The van der Waals surface area contributed by atoms with E-state index in [1.165, 1.54) is 11.1 Å². The molecule has 3 rings (SSSR count). The van der Waals surface area contributed by atoms with Crippen molar-refractivity contribution in [1.82, 2.24) is 10.2 Å². The van der Waals surface area contributed by atoms with Crippen LogP contribution in [0.15, 0.2) is 54.4 Å². The molecule has 110 valence electrons. The molecule has 2 nitrogen and oxygen atoms in total. The van der Waals surface area contributed by atoms with Crippen LogP contribution in [0.3, 0.4) is 0 Å². The Bertz CT molecular complexity index is 576. The number of rotatable bonds is 6. The van der Waals surface area contributed by atoms with Gasteiger partial charge in [0.05, 0.1) is 6.17 Å². The molecule has 0 saturated carbocycles. The van der Waals surface area contributed by atoms with Crippen molar-refractivity contribution in [3.05, 3.63) is 70.4 Å². The van der Waals surface area contributed by atoms with Crippen LogP contribution in [0.4, 0.5) is 0 Å². The number of hydrogen-bond acceptors (Lipinski definition) is 3. The van der Waals surface area contributed by atoms with Crippen molar-refractivity contribution in [3.63, 3.8) is 0 Å². The minimum Gasteiger partial charge on any atom is -0.298 e. The fourth-order valence-corrected chi connectivity index (χ4v) is 3.77. The largest absolute Gasteiger partial charge is 0.298 e. The predicted octanol–water partition coefficient (Wildman–Crippen LogP) is 3.45. The van der Waals surface area contributed by atoms with Gasteiger partial charge in [-0.2, -0.15) is 0 Å². The molecule has 1 aromatic heterocycles. The van der Waals surface area contributed by atoms with Gasteiger partial charge in [-0.1, -0.05) is 36.4 Å². The number of hydrogen-bond donors (Lipinski definition) is 1. The molecule has 0 aliphatic carbocycles. The molecule has 2 aromatic rings. The van der Waals surface area contributed by atoms with Crippen LogP contribution in [-0.2, 0) is 19.4 Å². The molecular formula is C18H22N2S. The average Bonchev–Trinajstić information content (AvgIpc) is 3.00. The van der Waals surface area contributed by atoms with Gasteiger partial charge in [-0.05, 0) is 35.4 Å². The van der Waals surface area contributed by atoms with E-state index in [0.29, 0.717) is 0 Å². The minimum absolute atomic E-state index is 0.266. The molecule has 1 aliphatic heterocycles. The second kappa shape index (κ2) is 7.03. The molecular weight excluding hydrogens is 276 g/mol. The predicted molar refractivity (Wildman–Crippen MR) is 90.6 cm³/mol. The van der Waals surface area contributed by atoms with Gasteiger partial charge in [-0.25, -0.2) is 0 Å². The second-order valence-corrected chi connectivity index (χ2v) is 6.46. The Morgan fingerprint density at radius 2 is 2.14 bits per heavy atom. The van der Waals surface area contributed by atoms with E-state index in [4.69, 9.17) is 0 Å². The highest BCUT2D eigenvalue weighted by molar-refractivity contribution is 7.10. The van der Waals surface area contributed by atoms with E-state index in [9.17, 15) is 0 Å². The lowest BCUT2D eigenvalue weighted by atomic mass is 10.1. The number of nitrogens with zero attached hydrogens (tertiary/aromatic N) is 1. The van der Waals surface area contributed by atoms with Gasteiger partial charge in [0, 0.05) is 24.5 Å².